The number of ether oxygens (including phenoxy) is 1. The molecule has 0 saturated heterocycles. The highest BCUT2D eigenvalue weighted by molar-refractivity contribution is 7.90. The molecular formula is C15H16N2O4S. The minimum atomic E-state index is -3.38. The van der Waals surface area contributed by atoms with Crippen LogP contribution < -0.4 is 4.74 Å². The normalized spacial score (nSPS) is 14.8. The van der Waals surface area contributed by atoms with Gasteiger partial charge in [-0.25, -0.2) is 8.42 Å². The van der Waals surface area contributed by atoms with E-state index in [-0.39, 0.29) is 5.25 Å². The van der Waals surface area contributed by atoms with Crippen molar-refractivity contribution in [1.82, 2.24) is 9.19 Å². The van der Waals surface area contributed by atoms with Crippen molar-refractivity contribution in [3.8, 4) is 16.9 Å². The summed E-state index contributed by atoms with van der Waals surface area (Å²) in [5, 5.41) is 3.65. The van der Waals surface area contributed by atoms with Crippen LogP contribution in [0.1, 0.15) is 28.8 Å². The number of hydrogen-bond donors (Lipinski definition) is 0. The summed E-state index contributed by atoms with van der Waals surface area (Å²) in [6.45, 7) is 1.83. The van der Waals surface area contributed by atoms with E-state index in [1.54, 1.807) is 6.07 Å². The number of aldehydes is 1. The van der Waals surface area contributed by atoms with E-state index in [1.165, 1.54) is 19.5 Å². The Balaban J connectivity index is 2.04. The van der Waals surface area contributed by atoms with Crippen molar-refractivity contribution in [2.24, 2.45) is 0 Å². The van der Waals surface area contributed by atoms with Gasteiger partial charge >= 0.3 is 0 Å². The monoisotopic (exact) mass is 320 g/mol. The molecule has 1 fully saturated rings. The highest BCUT2D eigenvalue weighted by atomic mass is 32.2. The van der Waals surface area contributed by atoms with Gasteiger partial charge in [0.05, 0.1) is 30.3 Å². The van der Waals surface area contributed by atoms with E-state index in [1.807, 2.05) is 13.0 Å². The summed E-state index contributed by atoms with van der Waals surface area (Å²) in [7, 11) is -1.87. The first kappa shape index (κ1) is 14.8. The molecule has 1 heterocycles. The Hall–Kier alpha value is -2.15. The van der Waals surface area contributed by atoms with E-state index in [2.05, 4.69) is 5.10 Å². The molecule has 0 spiro atoms. The molecule has 22 heavy (non-hydrogen) atoms. The lowest BCUT2D eigenvalue weighted by Crippen LogP contribution is -2.17. The molecule has 0 bridgehead atoms. The van der Waals surface area contributed by atoms with Gasteiger partial charge in [0.2, 0.25) is 0 Å². The Bertz CT molecular complexity index is 835. The molecule has 0 N–H and O–H groups in total. The number of benzene rings is 1. The van der Waals surface area contributed by atoms with Crippen molar-refractivity contribution < 1.29 is 17.9 Å². The molecule has 7 heteroatoms. The van der Waals surface area contributed by atoms with Gasteiger partial charge in [-0.2, -0.15) is 9.19 Å². The van der Waals surface area contributed by atoms with Gasteiger partial charge in [-0.15, -0.1) is 0 Å². The smallest absolute Gasteiger partial charge is 0.256 e. The zero-order valence-electron chi connectivity index (χ0n) is 12.3. The molecule has 6 nitrogen and oxygen atoms in total. The highest BCUT2D eigenvalue weighted by Gasteiger charge is 2.37. The summed E-state index contributed by atoms with van der Waals surface area (Å²) in [6, 6.07) is 3.51. The van der Waals surface area contributed by atoms with Crippen LogP contribution in [0.15, 0.2) is 24.5 Å². The van der Waals surface area contributed by atoms with Crippen LogP contribution >= 0.6 is 0 Å². The molecule has 0 atom stereocenters. The fraction of sp³-hybridized carbons (Fsp3) is 0.333. The molecule has 0 unspecified atom stereocenters. The van der Waals surface area contributed by atoms with Crippen LogP contribution in [-0.2, 0) is 10.0 Å². The molecule has 0 radical (unpaired) electrons. The zero-order valence-corrected chi connectivity index (χ0v) is 13.1. The lowest BCUT2D eigenvalue weighted by Gasteiger charge is -2.09. The van der Waals surface area contributed by atoms with Gasteiger partial charge in [0.15, 0.2) is 6.29 Å². The number of aryl methyl sites for hydroxylation is 1. The second kappa shape index (κ2) is 5.24. The van der Waals surface area contributed by atoms with Crippen molar-refractivity contribution in [2.45, 2.75) is 25.0 Å². The van der Waals surface area contributed by atoms with Crippen LogP contribution in [0.25, 0.3) is 11.1 Å². The van der Waals surface area contributed by atoms with Crippen molar-refractivity contribution in [3.05, 3.63) is 35.7 Å². The molecule has 1 aliphatic rings. The lowest BCUT2D eigenvalue weighted by molar-refractivity contribution is 0.112. The van der Waals surface area contributed by atoms with Crippen LogP contribution in [0, 0.1) is 6.92 Å². The number of nitrogens with zero attached hydrogens (tertiary/aromatic N) is 2. The maximum absolute atomic E-state index is 12.2. The summed E-state index contributed by atoms with van der Waals surface area (Å²) in [5.41, 5.74) is 2.62. The molecule has 1 aromatic heterocycles. The molecule has 1 aliphatic carbocycles. The van der Waals surface area contributed by atoms with Crippen molar-refractivity contribution in [2.75, 3.05) is 7.11 Å². The molecule has 0 aliphatic heterocycles. The summed E-state index contributed by atoms with van der Waals surface area (Å²) in [5.74, 6) is 0.525. The van der Waals surface area contributed by atoms with Crippen LogP contribution in [0.4, 0.5) is 0 Å². The minimum absolute atomic E-state index is 0.316. The van der Waals surface area contributed by atoms with E-state index < -0.39 is 10.0 Å². The van der Waals surface area contributed by atoms with Crippen LogP contribution in [0.2, 0.25) is 0 Å². The van der Waals surface area contributed by atoms with E-state index in [0.717, 1.165) is 21.5 Å². The first-order chi connectivity index (χ1) is 10.5. The lowest BCUT2D eigenvalue weighted by atomic mass is 10.0. The molecule has 0 amide bonds. The average Bonchev–Trinajstić information content (AvgIpc) is 3.24. The van der Waals surface area contributed by atoms with Gasteiger partial charge < -0.3 is 4.74 Å². The third-order valence-electron chi connectivity index (χ3n) is 3.73. The SMILES string of the molecule is COc1c(C)cc(-c2cnn(S(=O)(=O)C3CC3)c2)cc1C=O. The predicted molar refractivity (Wildman–Crippen MR) is 81.7 cm³/mol. The average molecular weight is 320 g/mol. The number of carbonyl (C=O) groups is 1. The minimum Gasteiger partial charge on any atom is -0.496 e. The predicted octanol–water partition coefficient (Wildman–Crippen LogP) is 2.02. The van der Waals surface area contributed by atoms with Crippen molar-refractivity contribution >= 4 is 16.3 Å². The standard InChI is InChI=1S/C15H16N2O4S/c1-10-5-11(6-12(9-18)15(10)21-2)13-7-16-17(8-13)22(19,20)14-3-4-14/h5-9,14H,3-4H2,1-2H3. The van der Waals surface area contributed by atoms with Gasteiger partial charge in [0.1, 0.15) is 5.75 Å². The van der Waals surface area contributed by atoms with E-state index in [4.69, 9.17) is 4.74 Å². The van der Waals surface area contributed by atoms with Crippen molar-refractivity contribution in [3.63, 3.8) is 0 Å². The molecule has 1 saturated carbocycles. The Morgan fingerprint density at radius 1 is 1.32 bits per heavy atom. The van der Waals surface area contributed by atoms with Crippen molar-refractivity contribution in [1.29, 1.82) is 0 Å². The molecular weight excluding hydrogens is 304 g/mol. The molecule has 2 aromatic rings. The number of aromatic nitrogens is 2. The van der Waals surface area contributed by atoms with E-state index in [0.29, 0.717) is 29.7 Å². The Labute approximate surface area is 128 Å². The third-order valence-corrected chi connectivity index (χ3v) is 5.77. The Morgan fingerprint density at radius 2 is 2.05 bits per heavy atom. The topological polar surface area (TPSA) is 78.3 Å². The fourth-order valence-corrected chi connectivity index (χ4v) is 3.92. The second-order valence-corrected chi connectivity index (χ2v) is 7.45. The molecule has 3 rings (SSSR count). The van der Waals surface area contributed by atoms with Crippen LogP contribution in [0.5, 0.6) is 5.75 Å². The van der Waals surface area contributed by atoms with E-state index >= 15 is 0 Å². The van der Waals surface area contributed by atoms with Crippen LogP contribution in [0.3, 0.4) is 0 Å². The fourth-order valence-electron chi connectivity index (χ4n) is 2.45. The maximum atomic E-state index is 12.2. The summed E-state index contributed by atoms with van der Waals surface area (Å²) < 4.78 is 30.5. The second-order valence-electron chi connectivity index (χ2n) is 5.38. The number of methoxy groups -OCH3 is 1. The summed E-state index contributed by atoms with van der Waals surface area (Å²) in [4.78, 5) is 11.2. The third kappa shape index (κ3) is 2.41. The summed E-state index contributed by atoms with van der Waals surface area (Å²) in [6.07, 6.45) is 5.09. The van der Waals surface area contributed by atoms with Gasteiger partial charge in [0.25, 0.3) is 10.0 Å². The van der Waals surface area contributed by atoms with Crippen LogP contribution in [-0.4, -0.2) is 36.2 Å². The van der Waals surface area contributed by atoms with Gasteiger partial charge in [-0.3, -0.25) is 4.79 Å². The Morgan fingerprint density at radius 3 is 2.64 bits per heavy atom. The van der Waals surface area contributed by atoms with E-state index in [9.17, 15) is 13.2 Å². The number of carbonyl (C=O) groups excluding carboxylic acids is 1. The number of rotatable bonds is 5. The van der Waals surface area contributed by atoms with Gasteiger partial charge in [-0.05, 0) is 43.0 Å². The largest absolute Gasteiger partial charge is 0.496 e. The summed E-state index contributed by atoms with van der Waals surface area (Å²) >= 11 is 0. The maximum Gasteiger partial charge on any atom is 0.256 e. The quantitative estimate of drug-likeness (QED) is 0.788. The zero-order chi connectivity index (χ0) is 15.9. The first-order valence-corrected chi connectivity index (χ1v) is 8.41. The highest BCUT2D eigenvalue weighted by Crippen LogP contribution is 2.32. The number of hydrogen-bond acceptors (Lipinski definition) is 5. The van der Waals surface area contributed by atoms with Gasteiger partial charge in [0, 0.05) is 5.56 Å². The Kier molecular flexibility index (Phi) is 3.52. The first-order valence-electron chi connectivity index (χ1n) is 6.90. The molecule has 1 aromatic carbocycles. The van der Waals surface area contributed by atoms with Gasteiger partial charge in [-0.1, -0.05) is 0 Å². The molecule has 116 valence electrons.